The van der Waals surface area contributed by atoms with Crippen molar-refractivity contribution in [2.45, 2.75) is 6.92 Å². The van der Waals surface area contributed by atoms with Crippen molar-refractivity contribution in [3.63, 3.8) is 0 Å². The van der Waals surface area contributed by atoms with Gasteiger partial charge >= 0.3 is 0 Å². The molecule has 0 fully saturated rings. The SMILES string of the molecule is Cc1ccc(C(=O)c2cc3cc(O)ccc3[nH]2)cc1. The number of aromatic amines is 1. The number of hydrogen-bond acceptors (Lipinski definition) is 2. The zero-order valence-electron chi connectivity index (χ0n) is 10.5. The lowest BCUT2D eigenvalue weighted by atomic mass is 10.1. The summed E-state index contributed by atoms with van der Waals surface area (Å²) in [6.07, 6.45) is 0. The number of rotatable bonds is 2. The number of phenols is 1. The molecule has 1 heterocycles. The minimum atomic E-state index is -0.0457. The van der Waals surface area contributed by atoms with Gasteiger partial charge in [0.2, 0.25) is 5.78 Å². The van der Waals surface area contributed by atoms with E-state index in [9.17, 15) is 9.90 Å². The molecular weight excluding hydrogens is 238 g/mol. The molecule has 0 aliphatic rings. The van der Waals surface area contributed by atoms with Crippen molar-refractivity contribution in [1.82, 2.24) is 4.98 Å². The molecule has 0 bridgehead atoms. The predicted octanol–water partition coefficient (Wildman–Crippen LogP) is 3.41. The zero-order valence-corrected chi connectivity index (χ0v) is 10.5. The Hall–Kier alpha value is -2.55. The fourth-order valence-electron chi connectivity index (χ4n) is 2.10. The van der Waals surface area contributed by atoms with Crippen LogP contribution in [0.3, 0.4) is 0 Å². The number of phenolic OH excluding ortho intramolecular Hbond substituents is 1. The van der Waals surface area contributed by atoms with E-state index in [1.54, 1.807) is 24.3 Å². The Labute approximate surface area is 110 Å². The Morgan fingerprint density at radius 3 is 2.53 bits per heavy atom. The van der Waals surface area contributed by atoms with Gasteiger partial charge in [-0.15, -0.1) is 0 Å². The van der Waals surface area contributed by atoms with E-state index < -0.39 is 0 Å². The Morgan fingerprint density at radius 1 is 1.05 bits per heavy atom. The third kappa shape index (κ3) is 2.10. The average molecular weight is 251 g/mol. The first kappa shape index (κ1) is 11.5. The number of hydrogen-bond donors (Lipinski definition) is 2. The van der Waals surface area contributed by atoms with E-state index in [1.165, 1.54) is 0 Å². The number of nitrogens with one attached hydrogen (secondary N) is 1. The van der Waals surface area contributed by atoms with E-state index in [-0.39, 0.29) is 11.5 Å². The van der Waals surface area contributed by atoms with Crippen LogP contribution in [-0.2, 0) is 0 Å². The second-order valence-corrected chi connectivity index (χ2v) is 4.65. The number of fused-ring (bicyclic) bond motifs is 1. The highest BCUT2D eigenvalue weighted by Gasteiger charge is 2.12. The van der Waals surface area contributed by atoms with Crippen LogP contribution in [0, 0.1) is 6.92 Å². The minimum absolute atomic E-state index is 0.0457. The van der Waals surface area contributed by atoms with E-state index in [0.717, 1.165) is 16.5 Å². The second-order valence-electron chi connectivity index (χ2n) is 4.65. The third-order valence-electron chi connectivity index (χ3n) is 3.16. The molecule has 0 unspecified atom stereocenters. The first-order chi connectivity index (χ1) is 9.13. The molecule has 3 aromatic rings. The van der Waals surface area contributed by atoms with Crippen LogP contribution < -0.4 is 0 Å². The highest BCUT2D eigenvalue weighted by Crippen LogP contribution is 2.22. The predicted molar refractivity (Wildman–Crippen MR) is 74.6 cm³/mol. The number of aromatic hydroxyl groups is 1. The van der Waals surface area contributed by atoms with Gasteiger partial charge in [0.25, 0.3) is 0 Å². The van der Waals surface area contributed by atoms with Gasteiger partial charge in [-0.2, -0.15) is 0 Å². The molecule has 2 N–H and O–H groups in total. The molecule has 0 saturated carbocycles. The number of ketones is 1. The fourth-order valence-corrected chi connectivity index (χ4v) is 2.10. The molecule has 0 saturated heterocycles. The lowest BCUT2D eigenvalue weighted by Gasteiger charge is -1.98. The molecule has 19 heavy (non-hydrogen) atoms. The Bertz CT molecular complexity index is 754. The van der Waals surface area contributed by atoms with E-state index in [2.05, 4.69) is 4.98 Å². The van der Waals surface area contributed by atoms with Crippen molar-refractivity contribution in [2.24, 2.45) is 0 Å². The van der Waals surface area contributed by atoms with Crippen molar-refractivity contribution in [1.29, 1.82) is 0 Å². The quantitative estimate of drug-likeness (QED) is 0.686. The number of carbonyl (C=O) groups is 1. The van der Waals surface area contributed by atoms with Gasteiger partial charge in [-0.3, -0.25) is 4.79 Å². The van der Waals surface area contributed by atoms with E-state index in [4.69, 9.17) is 0 Å². The molecule has 0 amide bonds. The molecule has 0 atom stereocenters. The molecule has 94 valence electrons. The summed E-state index contributed by atoms with van der Waals surface area (Å²) in [6, 6.07) is 14.2. The molecule has 3 rings (SSSR count). The molecular formula is C16H13NO2. The Morgan fingerprint density at radius 2 is 1.79 bits per heavy atom. The highest BCUT2D eigenvalue weighted by atomic mass is 16.3. The lowest BCUT2D eigenvalue weighted by Crippen LogP contribution is -2.01. The summed E-state index contributed by atoms with van der Waals surface area (Å²) in [5.74, 6) is 0.150. The van der Waals surface area contributed by atoms with Gasteiger partial charge < -0.3 is 10.1 Å². The van der Waals surface area contributed by atoms with Gasteiger partial charge in [-0.1, -0.05) is 29.8 Å². The topological polar surface area (TPSA) is 53.1 Å². The third-order valence-corrected chi connectivity index (χ3v) is 3.16. The maximum Gasteiger partial charge on any atom is 0.209 e. The van der Waals surface area contributed by atoms with Crippen LogP contribution in [0.25, 0.3) is 10.9 Å². The average Bonchev–Trinajstić information content (AvgIpc) is 2.81. The van der Waals surface area contributed by atoms with Crippen LogP contribution >= 0.6 is 0 Å². The van der Waals surface area contributed by atoms with Crippen LogP contribution in [-0.4, -0.2) is 15.9 Å². The first-order valence-corrected chi connectivity index (χ1v) is 6.06. The fraction of sp³-hybridized carbons (Fsp3) is 0.0625. The van der Waals surface area contributed by atoms with E-state index in [1.807, 2.05) is 31.2 Å². The molecule has 0 aliphatic carbocycles. The normalized spacial score (nSPS) is 10.8. The molecule has 0 aliphatic heterocycles. The van der Waals surface area contributed by atoms with Gasteiger partial charge in [-0.05, 0) is 31.2 Å². The summed E-state index contributed by atoms with van der Waals surface area (Å²) in [4.78, 5) is 15.4. The van der Waals surface area contributed by atoms with Crippen molar-refractivity contribution >= 4 is 16.7 Å². The van der Waals surface area contributed by atoms with Gasteiger partial charge in [0, 0.05) is 16.5 Å². The van der Waals surface area contributed by atoms with Crippen molar-refractivity contribution in [3.05, 3.63) is 65.4 Å². The number of aryl methyl sites for hydroxylation is 1. The smallest absolute Gasteiger partial charge is 0.209 e. The monoisotopic (exact) mass is 251 g/mol. The molecule has 1 aromatic heterocycles. The first-order valence-electron chi connectivity index (χ1n) is 6.06. The second kappa shape index (κ2) is 4.28. The van der Waals surface area contributed by atoms with Gasteiger partial charge in [0.05, 0.1) is 5.69 Å². The summed E-state index contributed by atoms with van der Waals surface area (Å²) in [5.41, 5.74) is 3.15. The maximum absolute atomic E-state index is 12.3. The van der Waals surface area contributed by atoms with Crippen LogP contribution in [0.4, 0.5) is 0 Å². The Balaban J connectivity index is 2.04. The number of aromatic nitrogens is 1. The van der Waals surface area contributed by atoms with Crippen molar-refractivity contribution in [3.8, 4) is 5.75 Å². The summed E-state index contributed by atoms with van der Waals surface area (Å²) < 4.78 is 0. The van der Waals surface area contributed by atoms with E-state index >= 15 is 0 Å². The van der Waals surface area contributed by atoms with Crippen molar-refractivity contribution < 1.29 is 9.90 Å². The minimum Gasteiger partial charge on any atom is -0.508 e. The molecule has 3 heteroatoms. The van der Waals surface area contributed by atoms with Gasteiger partial charge in [-0.25, -0.2) is 0 Å². The highest BCUT2D eigenvalue weighted by molar-refractivity contribution is 6.10. The molecule has 2 aromatic carbocycles. The van der Waals surface area contributed by atoms with Crippen LogP contribution in [0.15, 0.2) is 48.5 Å². The number of benzene rings is 2. The maximum atomic E-state index is 12.3. The Kier molecular flexibility index (Phi) is 2.60. The zero-order chi connectivity index (χ0) is 13.4. The molecule has 0 spiro atoms. The number of H-pyrrole nitrogens is 1. The van der Waals surface area contributed by atoms with Crippen LogP contribution in [0.2, 0.25) is 0 Å². The van der Waals surface area contributed by atoms with E-state index in [0.29, 0.717) is 11.3 Å². The number of carbonyl (C=O) groups excluding carboxylic acids is 1. The van der Waals surface area contributed by atoms with Crippen LogP contribution in [0.1, 0.15) is 21.6 Å². The lowest BCUT2D eigenvalue weighted by molar-refractivity contribution is 0.103. The standard InChI is InChI=1S/C16H13NO2/c1-10-2-4-11(5-3-10)16(19)15-9-12-8-13(18)6-7-14(12)17-15/h2-9,17-18H,1H3. The summed E-state index contributed by atoms with van der Waals surface area (Å²) in [7, 11) is 0. The van der Waals surface area contributed by atoms with Crippen molar-refractivity contribution in [2.75, 3.05) is 0 Å². The largest absolute Gasteiger partial charge is 0.508 e. The van der Waals surface area contributed by atoms with Gasteiger partial charge in [0.1, 0.15) is 5.75 Å². The van der Waals surface area contributed by atoms with Crippen LogP contribution in [0.5, 0.6) is 5.75 Å². The molecule has 0 radical (unpaired) electrons. The summed E-state index contributed by atoms with van der Waals surface area (Å²) in [6.45, 7) is 1.99. The summed E-state index contributed by atoms with van der Waals surface area (Å²) in [5, 5.41) is 10.3. The molecule has 3 nitrogen and oxygen atoms in total. The summed E-state index contributed by atoms with van der Waals surface area (Å²) >= 11 is 0. The van der Waals surface area contributed by atoms with Gasteiger partial charge in [0.15, 0.2) is 0 Å².